The zero-order chi connectivity index (χ0) is 7.61. The molecule has 0 aliphatic carbocycles. The Morgan fingerprint density at radius 2 is 2.30 bits per heavy atom. The lowest BCUT2D eigenvalue weighted by Gasteiger charge is -2.33. The van der Waals surface area contributed by atoms with E-state index in [1.165, 1.54) is 0 Å². The lowest BCUT2D eigenvalue weighted by Crippen LogP contribution is -2.49. The van der Waals surface area contributed by atoms with Gasteiger partial charge in [-0.2, -0.15) is 0 Å². The summed E-state index contributed by atoms with van der Waals surface area (Å²) in [6.07, 6.45) is 1.05. The van der Waals surface area contributed by atoms with Crippen LogP contribution in [0.1, 0.15) is 6.42 Å². The van der Waals surface area contributed by atoms with E-state index in [2.05, 4.69) is 10.2 Å². The fourth-order valence-electron chi connectivity index (χ4n) is 1.39. The smallest absolute Gasteiger partial charge is 0.0628 e. The van der Waals surface area contributed by atoms with Crippen LogP contribution in [0.25, 0.3) is 0 Å². The monoisotopic (exact) mass is 144 g/mol. The third kappa shape index (κ3) is 1.17. The van der Waals surface area contributed by atoms with Gasteiger partial charge in [-0.3, -0.25) is 0 Å². The van der Waals surface area contributed by atoms with Gasteiger partial charge in [0, 0.05) is 6.54 Å². The number of nitrogens with one attached hydrogen (secondary N) is 1. The minimum absolute atomic E-state index is 0.0139. The van der Waals surface area contributed by atoms with Crippen molar-refractivity contribution < 1.29 is 5.11 Å². The van der Waals surface area contributed by atoms with Gasteiger partial charge in [-0.15, -0.1) is 0 Å². The Bertz CT molecular complexity index is 108. The molecule has 60 valence electrons. The van der Waals surface area contributed by atoms with Gasteiger partial charge in [0.2, 0.25) is 0 Å². The average molecular weight is 144 g/mol. The summed E-state index contributed by atoms with van der Waals surface area (Å²) < 4.78 is 0. The normalized spacial score (nSPS) is 33.6. The van der Waals surface area contributed by atoms with E-state index >= 15 is 0 Å². The van der Waals surface area contributed by atoms with Gasteiger partial charge in [-0.1, -0.05) is 0 Å². The molecular weight excluding hydrogens is 128 g/mol. The van der Waals surface area contributed by atoms with Crippen LogP contribution in [-0.2, 0) is 0 Å². The third-order valence-electron chi connectivity index (χ3n) is 2.46. The first-order chi connectivity index (χ1) is 4.71. The van der Waals surface area contributed by atoms with Crippen molar-refractivity contribution in [1.29, 1.82) is 0 Å². The summed E-state index contributed by atoms with van der Waals surface area (Å²) in [5.41, 5.74) is 0.0139. The van der Waals surface area contributed by atoms with Crippen LogP contribution in [0.4, 0.5) is 0 Å². The zero-order valence-electron chi connectivity index (χ0n) is 6.72. The van der Waals surface area contributed by atoms with Crippen LogP contribution in [0.3, 0.4) is 0 Å². The number of aliphatic hydroxyl groups is 1. The predicted octanol–water partition coefficient (Wildman–Crippen LogP) is -0.728. The van der Waals surface area contributed by atoms with Crippen LogP contribution < -0.4 is 5.32 Å². The maximum Gasteiger partial charge on any atom is 0.0628 e. The van der Waals surface area contributed by atoms with Crippen molar-refractivity contribution in [3.05, 3.63) is 0 Å². The van der Waals surface area contributed by atoms with Gasteiger partial charge >= 0.3 is 0 Å². The van der Waals surface area contributed by atoms with Gasteiger partial charge in [0.1, 0.15) is 0 Å². The molecule has 1 heterocycles. The van der Waals surface area contributed by atoms with Crippen LogP contribution in [0.2, 0.25) is 0 Å². The molecule has 1 fully saturated rings. The lowest BCUT2D eigenvalue weighted by molar-refractivity contribution is 0.0852. The van der Waals surface area contributed by atoms with Gasteiger partial charge in [-0.05, 0) is 27.1 Å². The fourth-order valence-corrected chi connectivity index (χ4v) is 1.39. The Morgan fingerprint density at radius 3 is 2.50 bits per heavy atom. The molecule has 1 unspecified atom stereocenters. The first-order valence-electron chi connectivity index (χ1n) is 3.70. The van der Waals surface area contributed by atoms with Gasteiger partial charge in [0.05, 0.1) is 12.1 Å². The predicted molar refractivity (Wildman–Crippen MR) is 41.0 cm³/mol. The highest BCUT2D eigenvalue weighted by molar-refractivity contribution is 4.94. The molecule has 0 spiro atoms. The third-order valence-corrected chi connectivity index (χ3v) is 2.46. The molecule has 0 amide bonds. The molecule has 1 rings (SSSR count). The molecule has 1 atom stereocenters. The Kier molecular flexibility index (Phi) is 2.28. The highest BCUT2D eigenvalue weighted by Gasteiger charge is 2.34. The van der Waals surface area contributed by atoms with Gasteiger partial charge < -0.3 is 15.3 Å². The van der Waals surface area contributed by atoms with Crippen molar-refractivity contribution in [2.24, 2.45) is 0 Å². The lowest BCUT2D eigenvalue weighted by atomic mass is 9.99. The van der Waals surface area contributed by atoms with E-state index < -0.39 is 0 Å². The molecule has 3 heteroatoms. The second kappa shape index (κ2) is 2.86. The van der Waals surface area contributed by atoms with E-state index in [1.807, 2.05) is 14.1 Å². The number of nitrogens with zero attached hydrogens (tertiary/aromatic N) is 1. The number of rotatable bonds is 2. The van der Waals surface area contributed by atoms with Crippen LogP contribution in [0.5, 0.6) is 0 Å². The second-order valence-electron chi connectivity index (χ2n) is 3.20. The van der Waals surface area contributed by atoms with E-state index in [-0.39, 0.29) is 12.1 Å². The molecule has 3 nitrogen and oxygen atoms in total. The number of likely N-dealkylation sites (N-methyl/N-ethyl adjacent to an activating group) is 1. The van der Waals surface area contributed by atoms with Gasteiger partial charge in [0.25, 0.3) is 0 Å². The van der Waals surface area contributed by atoms with Gasteiger partial charge in [-0.25, -0.2) is 0 Å². The highest BCUT2D eigenvalue weighted by atomic mass is 16.3. The molecule has 10 heavy (non-hydrogen) atoms. The Hall–Kier alpha value is -0.120. The SMILES string of the molecule is CN(C)C1(CO)CCNC1. The summed E-state index contributed by atoms with van der Waals surface area (Å²) in [6, 6.07) is 0. The van der Waals surface area contributed by atoms with Crippen molar-refractivity contribution >= 4 is 0 Å². The van der Waals surface area contributed by atoms with Crippen molar-refractivity contribution in [3.63, 3.8) is 0 Å². The molecule has 0 bridgehead atoms. The molecule has 1 aliphatic rings. The number of hydrogen-bond acceptors (Lipinski definition) is 3. The van der Waals surface area contributed by atoms with Crippen LogP contribution in [-0.4, -0.2) is 49.3 Å². The van der Waals surface area contributed by atoms with Crippen LogP contribution in [0.15, 0.2) is 0 Å². The molecule has 0 aromatic heterocycles. The maximum atomic E-state index is 9.11. The summed E-state index contributed by atoms with van der Waals surface area (Å²) >= 11 is 0. The highest BCUT2D eigenvalue weighted by Crippen LogP contribution is 2.18. The minimum Gasteiger partial charge on any atom is -0.394 e. The summed E-state index contributed by atoms with van der Waals surface area (Å²) in [5.74, 6) is 0. The van der Waals surface area contributed by atoms with Crippen molar-refractivity contribution in [2.45, 2.75) is 12.0 Å². The quantitative estimate of drug-likeness (QED) is 0.536. The Morgan fingerprint density at radius 1 is 1.60 bits per heavy atom. The van der Waals surface area contributed by atoms with Crippen molar-refractivity contribution in [2.75, 3.05) is 33.8 Å². The Labute approximate surface area is 62.0 Å². The summed E-state index contributed by atoms with van der Waals surface area (Å²) in [7, 11) is 4.03. The largest absolute Gasteiger partial charge is 0.394 e. The molecule has 1 aliphatic heterocycles. The molecule has 2 N–H and O–H groups in total. The molecule has 1 saturated heterocycles. The second-order valence-corrected chi connectivity index (χ2v) is 3.20. The number of hydrogen-bond donors (Lipinski definition) is 2. The summed E-state index contributed by atoms with van der Waals surface area (Å²) in [5, 5.41) is 12.3. The standard InChI is InChI=1S/C7H16N2O/c1-9(2)7(6-10)3-4-8-5-7/h8,10H,3-6H2,1-2H3. The molecule has 0 aromatic rings. The average Bonchev–Trinajstić information content (AvgIpc) is 2.35. The van der Waals surface area contributed by atoms with Crippen LogP contribution >= 0.6 is 0 Å². The first kappa shape index (κ1) is 7.98. The van der Waals surface area contributed by atoms with E-state index in [0.29, 0.717) is 0 Å². The fraction of sp³-hybridized carbons (Fsp3) is 1.00. The van der Waals surface area contributed by atoms with Crippen LogP contribution in [0, 0.1) is 0 Å². The topological polar surface area (TPSA) is 35.5 Å². The maximum absolute atomic E-state index is 9.11. The zero-order valence-corrected chi connectivity index (χ0v) is 6.72. The molecular formula is C7H16N2O. The summed E-state index contributed by atoms with van der Waals surface area (Å²) in [6.45, 7) is 2.20. The van der Waals surface area contributed by atoms with E-state index in [9.17, 15) is 0 Å². The van der Waals surface area contributed by atoms with E-state index in [4.69, 9.17) is 5.11 Å². The Balaban J connectivity index is 2.58. The minimum atomic E-state index is 0.0139. The van der Waals surface area contributed by atoms with E-state index in [1.54, 1.807) is 0 Å². The van der Waals surface area contributed by atoms with Crippen molar-refractivity contribution in [1.82, 2.24) is 10.2 Å². The molecule has 0 aromatic carbocycles. The van der Waals surface area contributed by atoms with Gasteiger partial charge in [0.15, 0.2) is 0 Å². The number of aliphatic hydroxyl groups excluding tert-OH is 1. The first-order valence-corrected chi connectivity index (χ1v) is 3.70. The summed E-state index contributed by atoms with van der Waals surface area (Å²) in [4.78, 5) is 2.10. The molecule has 0 radical (unpaired) electrons. The van der Waals surface area contributed by atoms with Crippen molar-refractivity contribution in [3.8, 4) is 0 Å². The van der Waals surface area contributed by atoms with E-state index in [0.717, 1.165) is 19.5 Å². The molecule has 0 saturated carbocycles.